The zero-order valence-corrected chi connectivity index (χ0v) is 14.6. The summed E-state index contributed by atoms with van der Waals surface area (Å²) in [6, 6.07) is 1.87. The average molecular weight is 332 g/mol. The van der Waals surface area contributed by atoms with Gasteiger partial charge in [0, 0.05) is 24.9 Å². The first-order valence-corrected chi connectivity index (χ1v) is 8.33. The number of aliphatic hydroxyl groups is 1. The zero-order chi connectivity index (χ0) is 17.5. The highest BCUT2D eigenvalue weighted by atomic mass is 16.3. The Balaban J connectivity index is 1.78. The lowest BCUT2D eigenvalue weighted by molar-refractivity contribution is 0.0381. The van der Waals surface area contributed by atoms with Crippen LogP contribution >= 0.6 is 0 Å². The predicted octanol–water partition coefficient (Wildman–Crippen LogP) is 2.31. The molecule has 7 heteroatoms. The van der Waals surface area contributed by atoms with Gasteiger partial charge < -0.3 is 14.4 Å². The van der Waals surface area contributed by atoms with Crippen molar-refractivity contribution in [2.75, 3.05) is 13.1 Å². The van der Waals surface area contributed by atoms with E-state index in [1.165, 1.54) is 0 Å². The highest BCUT2D eigenvalue weighted by Gasteiger charge is 2.42. The second-order valence-electron chi connectivity index (χ2n) is 7.04. The summed E-state index contributed by atoms with van der Waals surface area (Å²) in [5.41, 5.74) is -0.0623. The molecular formula is C17H24N4O3. The van der Waals surface area contributed by atoms with Crippen molar-refractivity contribution in [3.05, 3.63) is 35.5 Å². The highest BCUT2D eigenvalue weighted by Crippen LogP contribution is 2.32. The molecule has 2 aromatic heterocycles. The smallest absolute Gasteiger partial charge is 0.257 e. The summed E-state index contributed by atoms with van der Waals surface area (Å²) in [4.78, 5) is 14.4. The largest absolute Gasteiger partial charge is 0.468 e. The topological polar surface area (TPSA) is 84.4 Å². The summed E-state index contributed by atoms with van der Waals surface area (Å²) >= 11 is 0. The molecule has 3 heterocycles. The van der Waals surface area contributed by atoms with Crippen molar-refractivity contribution in [3.8, 4) is 0 Å². The maximum absolute atomic E-state index is 12.8. The first kappa shape index (κ1) is 16.7. The van der Waals surface area contributed by atoms with Crippen molar-refractivity contribution in [3.63, 3.8) is 0 Å². The molecule has 7 nitrogen and oxygen atoms in total. The number of hydrogen-bond acceptors (Lipinski definition) is 5. The number of amides is 1. The highest BCUT2D eigenvalue weighted by molar-refractivity contribution is 5.95. The van der Waals surface area contributed by atoms with Crippen molar-refractivity contribution >= 4 is 5.91 Å². The van der Waals surface area contributed by atoms with Crippen LogP contribution in [0, 0.1) is 0 Å². The standard InChI is InChI=1S/C17H24N4O3/c1-11(2)15-13(5-8-24-15)16(22)20-7-6-17(23,10-20)14-9-21(12(3)4)19-18-14/h5,8-9,11-12,23H,6-7,10H2,1-4H3. The average Bonchev–Trinajstić information content (AvgIpc) is 3.25. The minimum atomic E-state index is -1.15. The molecule has 0 aromatic carbocycles. The van der Waals surface area contributed by atoms with Gasteiger partial charge in [-0.15, -0.1) is 5.10 Å². The Hall–Kier alpha value is -2.15. The predicted molar refractivity (Wildman–Crippen MR) is 87.6 cm³/mol. The minimum Gasteiger partial charge on any atom is -0.468 e. The molecule has 0 bridgehead atoms. The van der Waals surface area contributed by atoms with Crippen LogP contribution in [0.5, 0.6) is 0 Å². The van der Waals surface area contributed by atoms with E-state index in [2.05, 4.69) is 10.3 Å². The van der Waals surface area contributed by atoms with Crippen LogP contribution in [-0.2, 0) is 5.60 Å². The van der Waals surface area contributed by atoms with E-state index in [0.29, 0.717) is 30.0 Å². The van der Waals surface area contributed by atoms with Crippen molar-refractivity contribution < 1.29 is 14.3 Å². The Kier molecular flexibility index (Phi) is 4.21. The third-order valence-corrected chi connectivity index (χ3v) is 4.50. The number of β-amino-alcohol motifs (C(OH)–C–C–N with tert-alkyl or cyclic N) is 1. The summed E-state index contributed by atoms with van der Waals surface area (Å²) in [7, 11) is 0. The van der Waals surface area contributed by atoms with E-state index in [1.54, 1.807) is 28.1 Å². The van der Waals surface area contributed by atoms with Crippen LogP contribution in [0.4, 0.5) is 0 Å². The number of carbonyl (C=O) groups excluding carboxylic acids is 1. The van der Waals surface area contributed by atoms with Crippen LogP contribution in [0.25, 0.3) is 0 Å². The summed E-state index contributed by atoms with van der Waals surface area (Å²) in [6.07, 6.45) is 3.75. The van der Waals surface area contributed by atoms with Crippen LogP contribution in [0.2, 0.25) is 0 Å². The van der Waals surface area contributed by atoms with Crippen LogP contribution < -0.4 is 0 Å². The molecule has 0 radical (unpaired) electrons. The Bertz CT molecular complexity index is 734. The molecule has 1 saturated heterocycles. The van der Waals surface area contributed by atoms with Crippen LogP contribution in [-0.4, -0.2) is 44.0 Å². The van der Waals surface area contributed by atoms with Gasteiger partial charge in [0.2, 0.25) is 0 Å². The van der Waals surface area contributed by atoms with E-state index >= 15 is 0 Å². The van der Waals surface area contributed by atoms with Crippen molar-refractivity contribution in [1.29, 1.82) is 0 Å². The molecule has 1 amide bonds. The molecule has 2 aromatic rings. The molecule has 130 valence electrons. The van der Waals surface area contributed by atoms with E-state index in [0.717, 1.165) is 0 Å². The molecule has 1 N–H and O–H groups in total. The lowest BCUT2D eigenvalue weighted by Crippen LogP contribution is -2.35. The minimum absolute atomic E-state index is 0.111. The molecule has 24 heavy (non-hydrogen) atoms. The number of nitrogens with zero attached hydrogens (tertiary/aromatic N) is 4. The van der Waals surface area contributed by atoms with Crippen LogP contribution in [0.15, 0.2) is 22.9 Å². The molecule has 1 unspecified atom stereocenters. The van der Waals surface area contributed by atoms with Gasteiger partial charge in [0.1, 0.15) is 17.1 Å². The maximum Gasteiger partial charge on any atom is 0.257 e. The first-order chi connectivity index (χ1) is 11.3. The second-order valence-corrected chi connectivity index (χ2v) is 7.04. The Morgan fingerprint density at radius 1 is 1.38 bits per heavy atom. The Morgan fingerprint density at radius 3 is 2.75 bits per heavy atom. The monoisotopic (exact) mass is 332 g/mol. The summed E-state index contributed by atoms with van der Waals surface area (Å²) < 4.78 is 7.15. The van der Waals surface area contributed by atoms with Gasteiger partial charge >= 0.3 is 0 Å². The maximum atomic E-state index is 12.8. The van der Waals surface area contributed by atoms with Gasteiger partial charge in [-0.05, 0) is 19.9 Å². The Labute approximate surface area is 141 Å². The molecule has 1 aliphatic heterocycles. The third kappa shape index (κ3) is 2.84. The van der Waals surface area contributed by atoms with Crippen molar-refractivity contribution in [1.82, 2.24) is 19.9 Å². The number of rotatable bonds is 4. The first-order valence-electron chi connectivity index (χ1n) is 8.33. The fourth-order valence-corrected chi connectivity index (χ4v) is 3.03. The van der Waals surface area contributed by atoms with Crippen LogP contribution in [0.3, 0.4) is 0 Å². The number of furan rings is 1. The lowest BCUT2D eigenvalue weighted by Gasteiger charge is -2.21. The van der Waals surface area contributed by atoms with Gasteiger partial charge in [0.15, 0.2) is 0 Å². The van der Waals surface area contributed by atoms with E-state index in [9.17, 15) is 9.90 Å². The van der Waals surface area contributed by atoms with Crippen LogP contribution in [0.1, 0.15) is 67.9 Å². The van der Waals surface area contributed by atoms with E-state index < -0.39 is 5.60 Å². The van der Waals surface area contributed by atoms with Crippen molar-refractivity contribution in [2.24, 2.45) is 0 Å². The molecule has 0 aliphatic carbocycles. The SMILES string of the molecule is CC(C)c1occc1C(=O)N1CCC(O)(c2cn(C(C)C)nn2)C1. The summed E-state index contributed by atoms with van der Waals surface area (Å²) in [5.74, 6) is 0.701. The van der Waals surface area contributed by atoms with Gasteiger partial charge in [0.05, 0.1) is 24.6 Å². The van der Waals surface area contributed by atoms with Gasteiger partial charge in [-0.25, -0.2) is 4.68 Å². The molecule has 1 aliphatic rings. The fraction of sp³-hybridized carbons (Fsp3) is 0.588. The molecule has 1 fully saturated rings. The van der Waals surface area contributed by atoms with E-state index in [1.807, 2.05) is 27.7 Å². The number of carbonyl (C=O) groups is 1. The summed E-state index contributed by atoms with van der Waals surface area (Å²) in [6.45, 7) is 8.66. The number of likely N-dealkylation sites (tertiary alicyclic amines) is 1. The number of aromatic nitrogens is 3. The lowest BCUT2D eigenvalue weighted by atomic mass is 10.00. The molecule has 1 atom stereocenters. The molecule has 0 saturated carbocycles. The second kappa shape index (κ2) is 6.05. The quantitative estimate of drug-likeness (QED) is 0.929. The third-order valence-electron chi connectivity index (χ3n) is 4.50. The zero-order valence-electron chi connectivity index (χ0n) is 14.6. The molecular weight excluding hydrogens is 308 g/mol. The normalized spacial score (nSPS) is 21.2. The van der Waals surface area contributed by atoms with Gasteiger partial charge in [-0.3, -0.25) is 4.79 Å². The van der Waals surface area contributed by atoms with Crippen molar-refractivity contribution in [2.45, 2.75) is 51.7 Å². The van der Waals surface area contributed by atoms with E-state index in [-0.39, 0.29) is 24.4 Å². The Morgan fingerprint density at radius 2 is 2.12 bits per heavy atom. The fourth-order valence-electron chi connectivity index (χ4n) is 3.03. The van der Waals surface area contributed by atoms with Gasteiger partial charge in [0.25, 0.3) is 5.91 Å². The molecule has 0 spiro atoms. The van der Waals surface area contributed by atoms with Gasteiger partial charge in [-0.2, -0.15) is 0 Å². The summed E-state index contributed by atoms with van der Waals surface area (Å²) in [5, 5.41) is 19.1. The van der Waals surface area contributed by atoms with Gasteiger partial charge in [-0.1, -0.05) is 19.1 Å². The molecule has 3 rings (SSSR count). The number of hydrogen-bond donors (Lipinski definition) is 1. The van der Waals surface area contributed by atoms with E-state index in [4.69, 9.17) is 4.42 Å².